The topological polar surface area (TPSA) is 75.3 Å². The lowest BCUT2D eigenvalue weighted by atomic mass is 9.85. The van der Waals surface area contributed by atoms with Crippen LogP contribution in [0.3, 0.4) is 0 Å². The van der Waals surface area contributed by atoms with Gasteiger partial charge in [0, 0.05) is 30.9 Å². The van der Waals surface area contributed by atoms with Crippen LogP contribution in [0.25, 0.3) is 22.3 Å². The molecule has 32 heavy (non-hydrogen) atoms. The minimum absolute atomic E-state index is 0.0465. The molecule has 1 fully saturated rings. The molecule has 2 aromatic heterocycles. The first kappa shape index (κ1) is 20.9. The fourth-order valence-corrected chi connectivity index (χ4v) is 4.81. The Labute approximate surface area is 186 Å². The number of hydrogen-bond acceptors (Lipinski definition) is 5. The highest BCUT2D eigenvalue weighted by Gasteiger charge is 2.35. The second-order valence-corrected chi connectivity index (χ2v) is 9.93. The maximum Gasteiger partial charge on any atom is 0.192 e. The van der Waals surface area contributed by atoms with Gasteiger partial charge in [-0.05, 0) is 30.2 Å². The Morgan fingerprint density at radius 1 is 1.25 bits per heavy atom. The molecule has 5 rings (SSSR count). The molecule has 3 aromatic rings. The number of carbonyl (C=O) groups excluding carboxylic acids is 1. The Balaban J connectivity index is 1.62. The predicted molar refractivity (Wildman–Crippen MR) is 122 cm³/mol. The zero-order valence-electron chi connectivity index (χ0n) is 18.8. The van der Waals surface area contributed by atoms with Crippen LogP contribution in [-0.4, -0.2) is 40.5 Å². The molecule has 1 saturated heterocycles. The molecule has 0 aliphatic carbocycles. The molecule has 0 amide bonds. The van der Waals surface area contributed by atoms with Crippen LogP contribution < -0.4 is 10.2 Å². The maximum atomic E-state index is 12.6. The zero-order valence-corrected chi connectivity index (χ0v) is 18.8. The summed E-state index contributed by atoms with van der Waals surface area (Å²) in [5.74, 6) is 1.25. The molecule has 0 N–H and O–H groups in total. The fourth-order valence-electron chi connectivity index (χ4n) is 4.81. The predicted octanol–water partition coefficient (Wildman–Crippen LogP) is 4.08. The van der Waals surface area contributed by atoms with Gasteiger partial charge in [-0.3, -0.25) is 14.3 Å². The summed E-state index contributed by atoms with van der Waals surface area (Å²) in [6.45, 7) is 9.37. The van der Waals surface area contributed by atoms with Crippen LogP contribution in [-0.2, 0) is 11.3 Å². The highest BCUT2D eigenvalue weighted by molar-refractivity contribution is 5.96. The highest BCUT2D eigenvalue weighted by atomic mass is 16.5. The fraction of sp³-hybridized carbons (Fsp3) is 0.480. The molecule has 2 aliphatic rings. The Kier molecular flexibility index (Phi) is 5.16. The summed E-state index contributed by atoms with van der Waals surface area (Å²) >= 11 is 0. The number of ether oxygens (including phenoxy) is 2. The van der Waals surface area contributed by atoms with Crippen LogP contribution in [0.4, 0.5) is 0 Å². The molecule has 1 unspecified atom stereocenters. The number of nitrogens with zero attached hydrogens (tertiary/aromatic N) is 3. The van der Waals surface area contributed by atoms with Gasteiger partial charge in [0.15, 0.2) is 11.7 Å². The van der Waals surface area contributed by atoms with Crippen molar-refractivity contribution in [2.45, 2.75) is 46.2 Å². The maximum absolute atomic E-state index is 12.6. The van der Waals surface area contributed by atoms with E-state index < -0.39 is 0 Å². The molecule has 168 valence electrons. The Hall–Kier alpha value is -2.93. The molecule has 0 bridgehead atoms. The number of hydrogen-bond donors (Lipinski definition) is 0. The third-order valence-electron chi connectivity index (χ3n) is 6.71. The van der Waals surface area contributed by atoms with Crippen LogP contribution >= 0.6 is 0 Å². The third kappa shape index (κ3) is 3.54. The van der Waals surface area contributed by atoms with E-state index in [1.54, 1.807) is 12.3 Å². The van der Waals surface area contributed by atoms with Crippen molar-refractivity contribution < 1.29 is 14.3 Å². The highest BCUT2D eigenvalue weighted by Crippen LogP contribution is 2.43. The molecule has 1 aromatic carbocycles. The minimum Gasteiger partial charge on any atom is -0.491 e. The van der Waals surface area contributed by atoms with Crippen molar-refractivity contribution in [2.75, 3.05) is 19.8 Å². The van der Waals surface area contributed by atoms with Crippen molar-refractivity contribution in [2.24, 2.45) is 11.3 Å². The zero-order chi connectivity index (χ0) is 22.5. The van der Waals surface area contributed by atoms with Gasteiger partial charge in [-0.25, -0.2) is 0 Å². The number of rotatable bonds is 4. The molecular formula is C25H29N3O4. The van der Waals surface area contributed by atoms with Crippen molar-refractivity contribution in [3.63, 3.8) is 0 Å². The van der Waals surface area contributed by atoms with E-state index in [1.807, 2.05) is 22.9 Å². The molecule has 1 atom stereocenters. The lowest BCUT2D eigenvalue weighted by molar-refractivity contribution is 0.0499. The number of benzene rings is 1. The van der Waals surface area contributed by atoms with Crippen LogP contribution in [0.15, 0.2) is 35.3 Å². The molecule has 7 nitrogen and oxygen atoms in total. The van der Waals surface area contributed by atoms with E-state index in [9.17, 15) is 9.59 Å². The van der Waals surface area contributed by atoms with Crippen molar-refractivity contribution in [3.8, 4) is 17.1 Å². The number of aromatic nitrogens is 3. The summed E-state index contributed by atoms with van der Waals surface area (Å²) in [5, 5.41) is 5.89. The van der Waals surface area contributed by atoms with Gasteiger partial charge in [0.05, 0.1) is 36.1 Å². The van der Waals surface area contributed by atoms with Gasteiger partial charge in [-0.1, -0.05) is 32.9 Å². The van der Waals surface area contributed by atoms with Gasteiger partial charge in [0.2, 0.25) is 0 Å². The molecule has 0 radical (unpaired) electrons. The quantitative estimate of drug-likeness (QED) is 0.577. The molecule has 0 spiro atoms. The van der Waals surface area contributed by atoms with Crippen LogP contribution in [0, 0.1) is 11.3 Å². The number of fused-ring (bicyclic) bond motifs is 5. The molecule has 7 heteroatoms. The van der Waals surface area contributed by atoms with Crippen LogP contribution in [0.5, 0.6) is 5.75 Å². The normalized spacial score (nSPS) is 18.9. The van der Waals surface area contributed by atoms with Crippen molar-refractivity contribution in [3.05, 3.63) is 46.2 Å². The van der Waals surface area contributed by atoms with E-state index in [4.69, 9.17) is 14.6 Å². The second kappa shape index (κ2) is 7.89. The summed E-state index contributed by atoms with van der Waals surface area (Å²) in [4.78, 5) is 24.1. The first-order valence-corrected chi connectivity index (χ1v) is 11.3. The van der Waals surface area contributed by atoms with Crippen LogP contribution in [0.2, 0.25) is 0 Å². The van der Waals surface area contributed by atoms with Gasteiger partial charge < -0.3 is 14.0 Å². The Morgan fingerprint density at radius 2 is 2.03 bits per heavy atom. The first-order chi connectivity index (χ1) is 15.4. The molecular weight excluding hydrogens is 406 g/mol. The van der Waals surface area contributed by atoms with E-state index in [1.165, 1.54) is 0 Å². The van der Waals surface area contributed by atoms with E-state index in [0.717, 1.165) is 54.1 Å². The van der Waals surface area contributed by atoms with Gasteiger partial charge in [-0.2, -0.15) is 5.10 Å². The second-order valence-electron chi connectivity index (χ2n) is 9.93. The van der Waals surface area contributed by atoms with Crippen molar-refractivity contribution in [1.29, 1.82) is 0 Å². The monoisotopic (exact) mass is 435 g/mol. The first-order valence-electron chi connectivity index (χ1n) is 11.3. The van der Waals surface area contributed by atoms with E-state index in [0.29, 0.717) is 25.4 Å². The molecule has 4 heterocycles. The average molecular weight is 436 g/mol. The summed E-state index contributed by atoms with van der Waals surface area (Å²) in [5.41, 5.74) is 2.31. The summed E-state index contributed by atoms with van der Waals surface area (Å²) in [6.07, 6.45) is 4.37. The van der Waals surface area contributed by atoms with E-state index in [2.05, 4.69) is 25.3 Å². The average Bonchev–Trinajstić information content (AvgIpc) is 3.16. The Morgan fingerprint density at radius 3 is 2.75 bits per heavy atom. The van der Waals surface area contributed by atoms with Crippen LogP contribution in [0.1, 0.15) is 50.0 Å². The number of carbonyl (C=O) groups is 1. The lowest BCUT2D eigenvalue weighted by Crippen LogP contribution is -2.34. The van der Waals surface area contributed by atoms with E-state index in [-0.39, 0.29) is 22.4 Å². The van der Waals surface area contributed by atoms with Gasteiger partial charge >= 0.3 is 0 Å². The van der Waals surface area contributed by atoms with Gasteiger partial charge in [0.1, 0.15) is 11.3 Å². The minimum atomic E-state index is -0.270. The largest absolute Gasteiger partial charge is 0.491 e. The van der Waals surface area contributed by atoms with Gasteiger partial charge in [-0.15, -0.1) is 0 Å². The van der Waals surface area contributed by atoms with Crippen molar-refractivity contribution >= 4 is 17.2 Å². The molecule has 0 saturated carbocycles. The summed E-state index contributed by atoms with van der Waals surface area (Å²) in [7, 11) is 0. The molecule has 2 aliphatic heterocycles. The number of aldehydes is 1. The summed E-state index contributed by atoms with van der Waals surface area (Å²) in [6, 6.07) is 7.58. The lowest BCUT2D eigenvalue weighted by Gasteiger charge is -2.38. The van der Waals surface area contributed by atoms with Gasteiger partial charge in [0.25, 0.3) is 0 Å². The smallest absolute Gasteiger partial charge is 0.192 e. The third-order valence-corrected chi connectivity index (χ3v) is 6.71. The van der Waals surface area contributed by atoms with E-state index >= 15 is 0 Å². The summed E-state index contributed by atoms with van der Waals surface area (Å²) < 4.78 is 15.8. The SMILES string of the molecule is CC(C)(C)C1Cn2nc3c(OCC4CCOCC4)cccc3c2-c2cc(=O)c(C=O)cn21. The van der Waals surface area contributed by atoms with Crippen molar-refractivity contribution in [1.82, 2.24) is 14.3 Å². The standard InChI is InChI=1S/C25H29N3O4/c1-25(2,3)22-13-28-24(19-11-20(30)17(14-29)12-27(19)22)18-5-4-6-21(23(18)26-28)32-15-16-7-9-31-10-8-16/h4-6,11-12,14,16,22H,7-10,13,15H2,1-3H3. The Bertz CT molecular complexity index is 1230. The number of pyridine rings is 1.